The second-order valence-corrected chi connectivity index (χ2v) is 2.76. The molecule has 0 unspecified atom stereocenters. The number of amides is 1. The molecular weight excluding hydrogens is 138 g/mol. The van der Waals surface area contributed by atoms with E-state index in [0.29, 0.717) is 0 Å². The molecule has 1 aliphatic rings. The van der Waals surface area contributed by atoms with E-state index in [4.69, 9.17) is 0 Å². The predicted molar refractivity (Wildman–Crippen MR) is 44.2 cm³/mol. The van der Waals surface area contributed by atoms with Crippen molar-refractivity contribution in [2.24, 2.45) is 0 Å². The van der Waals surface area contributed by atoms with Crippen molar-refractivity contribution in [2.45, 2.75) is 20.3 Å². The molecule has 0 aromatic heterocycles. The Morgan fingerprint density at radius 3 is 2.91 bits per heavy atom. The number of hydrogen-bond donors (Lipinski definition) is 1. The van der Waals surface area contributed by atoms with E-state index in [1.54, 1.807) is 0 Å². The zero-order chi connectivity index (χ0) is 8.27. The molecule has 0 aromatic carbocycles. The van der Waals surface area contributed by atoms with E-state index in [2.05, 4.69) is 4.99 Å². The Hall–Kier alpha value is -1.18. The fraction of sp³-hybridized carbons (Fsp3) is 0.333. The van der Waals surface area contributed by atoms with E-state index in [9.17, 15) is 4.79 Å². The number of hydrogen-bond acceptors (Lipinski definition) is 1. The average molecular weight is 150 g/mol. The molecule has 0 fully saturated rings. The van der Waals surface area contributed by atoms with Crippen LogP contribution in [-0.2, 0) is 4.79 Å². The normalized spacial score (nSPS) is 20.2. The minimum Gasteiger partial charge on any atom is -0.220 e. The van der Waals surface area contributed by atoms with Gasteiger partial charge >= 0.3 is 5.91 Å². The largest absolute Gasteiger partial charge is 0.382 e. The molecule has 0 saturated heterocycles. The van der Waals surface area contributed by atoms with Crippen molar-refractivity contribution in [3.8, 4) is 0 Å². The molecule has 2 nitrogen and oxygen atoms in total. The highest BCUT2D eigenvalue weighted by Gasteiger charge is 2.07. The quantitative estimate of drug-likeness (QED) is 0.516. The van der Waals surface area contributed by atoms with Gasteiger partial charge in [0, 0.05) is 6.08 Å². The maximum Gasteiger partial charge on any atom is 0.382 e. The van der Waals surface area contributed by atoms with Crippen molar-refractivity contribution in [1.29, 1.82) is 0 Å². The summed E-state index contributed by atoms with van der Waals surface area (Å²) in [5.41, 5.74) is 2.26. The van der Waals surface area contributed by atoms with Crippen LogP contribution in [0.3, 0.4) is 0 Å². The standard InChI is InChI=1S/C9H11NO/c1-7-4-3-5-9(6-7)10-8(2)11/h3-5H,6H2,1-2H3/p+1. The first kappa shape index (κ1) is 7.92. The second kappa shape index (κ2) is 3.28. The van der Waals surface area contributed by atoms with Gasteiger partial charge in [0.25, 0.3) is 0 Å². The summed E-state index contributed by atoms with van der Waals surface area (Å²) in [5, 5.41) is 0. The highest BCUT2D eigenvalue weighted by atomic mass is 16.1. The Kier molecular flexibility index (Phi) is 2.36. The molecular formula is C9H12NO+. The van der Waals surface area contributed by atoms with Crippen molar-refractivity contribution >= 4 is 11.6 Å². The van der Waals surface area contributed by atoms with E-state index < -0.39 is 0 Å². The first-order chi connectivity index (χ1) is 5.18. The van der Waals surface area contributed by atoms with Crippen molar-refractivity contribution in [3.63, 3.8) is 0 Å². The minimum absolute atomic E-state index is 0.000602. The molecule has 1 amide bonds. The molecule has 2 heteroatoms. The fourth-order valence-electron chi connectivity index (χ4n) is 1.06. The van der Waals surface area contributed by atoms with Crippen LogP contribution in [0.15, 0.2) is 23.8 Å². The lowest BCUT2D eigenvalue weighted by atomic mass is 10.1. The molecule has 1 N–H and O–H groups in total. The Labute approximate surface area is 66.3 Å². The summed E-state index contributed by atoms with van der Waals surface area (Å²) in [5.74, 6) is -0.000602. The van der Waals surface area contributed by atoms with Gasteiger partial charge < -0.3 is 0 Å². The van der Waals surface area contributed by atoms with Gasteiger partial charge in [0.15, 0.2) is 5.71 Å². The highest BCUT2D eigenvalue weighted by Crippen LogP contribution is 2.05. The fourth-order valence-corrected chi connectivity index (χ4v) is 1.06. The Bertz CT molecular complexity index is 259. The summed E-state index contributed by atoms with van der Waals surface area (Å²) in [6, 6.07) is 0. The van der Waals surface area contributed by atoms with Gasteiger partial charge in [-0.15, -0.1) is 0 Å². The molecule has 0 aromatic rings. The number of carbonyl (C=O) groups excluding carboxylic acids is 1. The molecule has 1 rings (SSSR count). The zero-order valence-electron chi connectivity index (χ0n) is 6.85. The molecule has 1 aliphatic carbocycles. The predicted octanol–water partition coefficient (Wildman–Crippen LogP) is -0.0393. The van der Waals surface area contributed by atoms with Crippen molar-refractivity contribution in [2.75, 3.05) is 0 Å². The van der Waals surface area contributed by atoms with Crippen LogP contribution in [0.4, 0.5) is 0 Å². The smallest absolute Gasteiger partial charge is 0.220 e. The molecule has 0 radical (unpaired) electrons. The molecule has 0 saturated carbocycles. The van der Waals surface area contributed by atoms with Gasteiger partial charge in [0.05, 0.1) is 13.3 Å². The average Bonchev–Trinajstić information content (AvgIpc) is 1.85. The van der Waals surface area contributed by atoms with Gasteiger partial charge in [0.2, 0.25) is 0 Å². The van der Waals surface area contributed by atoms with Gasteiger partial charge in [-0.3, -0.25) is 0 Å². The summed E-state index contributed by atoms with van der Waals surface area (Å²) in [4.78, 5) is 13.4. The molecule has 0 bridgehead atoms. The van der Waals surface area contributed by atoms with Gasteiger partial charge in [-0.05, 0) is 6.92 Å². The Morgan fingerprint density at radius 1 is 1.64 bits per heavy atom. The minimum atomic E-state index is -0.000602. The summed E-state index contributed by atoms with van der Waals surface area (Å²) < 4.78 is 0. The summed E-state index contributed by atoms with van der Waals surface area (Å²) in [7, 11) is 0. The van der Waals surface area contributed by atoms with Crippen molar-refractivity contribution in [3.05, 3.63) is 23.8 Å². The monoisotopic (exact) mass is 150 g/mol. The first-order valence-corrected chi connectivity index (χ1v) is 3.66. The molecule has 11 heavy (non-hydrogen) atoms. The third-order valence-corrected chi connectivity index (χ3v) is 1.48. The molecule has 58 valence electrons. The number of allylic oxidation sites excluding steroid dienone is 4. The third kappa shape index (κ3) is 2.50. The van der Waals surface area contributed by atoms with Crippen LogP contribution >= 0.6 is 0 Å². The number of nitrogens with one attached hydrogen (secondary N) is 1. The maximum absolute atomic E-state index is 10.6. The lowest BCUT2D eigenvalue weighted by Gasteiger charge is -1.99. The van der Waals surface area contributed by atoms with Gasteiger partial charge in [-0.25, -0.2) is 4.79 Å². The Morgan fingerprint density at radius 2 is 2.36 bits per heavy atom. The van der Waals surface area contributed by atoms with E-state index in [1.165, 1.54) is 12.5 Å². The topological polar surface area (TPSA) is 31.0 Å². The van der Waals surface area contributed by atoms with Crippen molar-refractivity contribution < 1.29 is 9.79 Å². The van der Waals surface area contributed by atoms with E-state index in [0.717, 1.165) is 12.1 Å². The van der Waals surface area contributed by atoms with Gasteiger partial charge in [-0.1, -0.05) is 17.7 Å². The van der Waals surface area contributed by atoms with Crippen LogP contribution < -0.4 is 4.99 Å². The zero-order valence-corrected chi connectivity index (χ0v) is 6.85. The van der Waals surface area contributed by atoms with Gasteiger partial charge in [-0.2, -0.15) is 4.99 Å². The van der Waals surface area contributed by atoms with E-state index in [-0.39, 0.29) is 5.91 Å². The van der Waals surface area contributed by atoms with Gasteiger partial charge in [0.1, 0.15) is 0 Å². The van der Waals surface area contributed by atoms with Crippen LogP contribution in [0.1, 0.15) is 20.3 Å². The lowest BCUT2D eigenvalue weighted by molar-refractivity contribution is -0.375. The number of carbonyl (C=O) groups is 1. The molecule has 0 aliphatic heterocycles. The number of rotatable bonds is 0. The maximum atomic E-state index is 10.6. The third-order valence-electron chi connectivity index (χ3n) is 1.48. The van der Waals surface area contributed by atoms with Crippen LogP contribution in [-0.4, -0.2) is 11.6 Å². The van der Waals surface area contributed by atoms with Crippen LogP contribution in [0.2, 0.25) is 0 Å². The molecule has 0 spiro atoms. The Balaban J connectivity index is 2.73. The van der Waals surface area contributed by atoms with E-state index in [1.807, 2.05) is 25.2 Å². The first-order valence-electron chi connectivity index (χ1n) is 3.66. The van der Waals surface area contributed by atoms with Crippen LogP contribution in [0, 0.1) is 0 Å². The summed E-state index contributed by atoms with van der Waals surface area (Å²) in [6.07, 6.45) is 6.78. The SMILES string of the molecule is CC(=O)[NH+]=C1C=CC=C(C)C1. The highest BCUT2D eigenvalue weighted by molar-refractivity contribution is 5.95. The second-order valence-electron chi connectivity index (χ2n) is 2.76. The van der Waals surface area contributed by atoms with Crippen LogP contribution in [0.25, 0.3) is 0 Å². The van der Waals surface area contributed by atoms with Crippen LogP contribution in [0.5, 0.6) is 0 Å². The molecule has 0 atom stereocenters. The molecule has 0 heterocycles. The lowest BCUT2D eigenvalue weighted by Crippen LogP contribution is -2.76. The summed E-state index contributed by atoms with van der Waals surface area (Å²) in [6.45, 7) is 3.57. The summed E-state index contributed by atoms with van der Waals surface area (Å²) >= 11 is 0. The van der Waals surface area contributed by atoms with Crippen molar-refractivity contribution in [1.82, 2.24) is 0 Å². The van der Waals surface area contributed by atoms with E-state index >= 15 is 0 Å².